The fourth-order valence-corrected chi connectivity index (χ4v) is 1.59. The quantitative estimate of drug-likeness (QED) is 0.618. The lowest BCUT2D eigenvalue weighted by Gasteiger charge is -2.27. The van der Waals surface area contributed by atoms with E-state index in [1.54, 1.807) is 0 Å². The molecule has 0 aliphatic heterocycles. The van der Waals surface area contributed by atoms with Crippen LogP contribution in [0, 0.1) is 12.0 Å². The van der Waals surface area contributed by atoms with Crippen LogP contribution in [0.15, 0.2) is 30.8 Å². The Morgan fingerprint density at radius 2 is 2.00 bits per heavy atom. The highest BCUT2D eigenvalue weighted by atomic mass is 14.3. The molecule has 0 aromatic heterocycles. The predicted molar refractivity (Wildman–Crippen MR) is 51.7 cm³/mol. The lowest BCUT2D eigenvalue weighted by Crippen LogP contribution is -2.11. The Bertz CT molecular complexity index is 267. The Morgan fingerprint density at radius 3 is 2.50 bits per heavy atom. The Morgan fingerprint density at radius 1 is 1.33 bits per heavy atom. The van der Waals surface area contributed by atoms with Crippen LogP contribution >= 0.6 is 0 Å². The SMILES string of the molecule is C=C(c1cc[c]cc1)C1CCC1. The molecule has 0 amide bonds. The van der Waals surface area contributed by atoms with Gasteiger partial charge < -0.3 is 0 Å². The zero-order valence-corrected chi connectivity index (χ0v) is 7.22. The maximum Gasteiger partial charge on any atom is -0.0162 e. The predicted octanol–water partition coefficient (Wildman–Crippen LogP) is 3.30. The van der Waals surface area contributed by atoms with Gasteiger partial charge in [-0.25, -0.2) is 0 Å². The third kappa shape index (κ3) is 1.29. The van der Waals surface area contributed by atoms with E-state index in [9.17, 15) is 0 Å². The summed E-state index contributed by atoms with van der Waals surface area (Å²) < 4.78 is 0. The molecule has 61 valence electrons. The van der Waals surface area contributed by atoms with Gasteiger partial charge in [0.25, 0.3) is 0 Å². The van der Waals surface area contributed by atoms with Crippen molar-refractivity contribution in [3.63, 3.8) is 0 Å². The molecule has 0 nitrogen and oxygen atoms in total. The average Bonchev–Trinajstić information content (AvgIpc) is 2.03. The summed E-state index contributed by atoms with van der Waals surface area (Å²) in [4.78, 5) is 0. The lowest BCUT2D eigenvalue weighted by molar-refractivity contribution is 0.401. The standard InChI is InChI=1S/C12H13/c1-10(12-8-5-9-12)11-6-3-2-4-7-11/h3-4,6-7,12H,1,5,8-9H2. The van der Waals surface area contributed by atoms with Gasteiger partial charge in [0.2, 0.25) is 0 Å². The molecule has 0 atom stereocenters. The van der Waals surface area contributed by atoms with E-state index >= 15 is 0 Å². The molecule has 0 heteroatoms. The average molecular weight is 157 g/mol. The van der Waals surface area contributed by atoms with Crippen LogP contribution in [0.25, 0.3) is 5.57 Å². The fourth-order valence-electron chi connectivity index (χ4n) is 1.59. The van der Waals surface area contributed by atoms with Crippen molar-refractivity contribution in [2.45, 2.75) is 19.3 Å². The maximum atomic E-state index is 4.13. The van der Waals surface area contributed by atoms with Crippen LogP contribution in [0.3, 0.4) is 0 Å². The van der Waals surface area contributed by atoms with Crippen molar-refractivity contribution in [2.24, 2.45) is 5.92 Å². The van der Waals surface area contributed by atoms with Crippen molar-refractivity contribution >= 4 is 5.57 Å². The van der Waals surface area contributed by atoms with Crippen molar-refractivity contribution in [2.75, 3.05) is 0 Å². The molecule has 0 spiro atoms. The van der Waals surface area contributed by atoms with E-state index in [0.717, 1.165) is 5.92 Å². The van der Waals surface area contributed by atoms with Gasteiger partial charge in [-0.1, -0.05) is 37.3 Å². The van der Waals surface area contributed by atoms with E-state index in [-0.39, 0.29) is 0 Å². The number of rotatable bonds is 2. The fraction of sp³-hybridized carbons (Fsp3) is 0.333. The second-order valence-corrected chi connectivity index (χ2v) is 3.44. The number of benzene rings is 1. The number of hydrogen-bond acceptors (Lipinski definition) is 0. The normalized spacial score (nSPS) is 17.0. The van der Waals surface area contributed by atoms with Crippen molar-refractivity contribution in [1.82, 2.24) is 0 Å². The van der Waals surface area contributed by atoms with Crippen LogP contribution in [0.5, 0.6) is 0 Å². The first-order chi connectivity index (χ1) is 5.88. The summed E-state index contributed by atoms with van der Waals surface area (Å²) in [5, 5.41) is 0. The van der Waals surface area contributed by atoms with Crippen LogP contribution in [-0.4, -0.2) is 0 Å². The summed E-state index contributed by atoms with van der Waals surface area (Å²) in [5.74, 6) is 0.757. The van der Waals surface area contributed by atoms with E-state index in [2.05, 4.69) is 24.8 Å². The van der Waals surface area contributed by atoms with Crippen LogP contribution in [0.2, 0.25) is 0 Å². The lowest BCUT2D eigenvalue weighted by atomic mass is 9.78. The van der Waals surface area contributed by atoms with Crippen molar-refractivity contribution in [3.05, 3.63) is 42.5 Å². The summed E-state index contributed by atoms with van der Waals surface area (Å²) in [6.07, 6.45) is 4.04. The summed E-state index contributed by atoms with van der Waals surface area (Å²) >= 11 is 0. The molecule has 0 N–H and O–H groups in total. The van der Waals surface area contributed by atoms with E-state index in [0.29, 0.717) is 0 Å². The first-order valence-corrected chi connectivity index (χ1v) is 4.53. The molecule has 0 saturated heterocycles. The van der Waals surface area contributed by atoms with Crippen molar-refractivity contribution in [1.29, 1.82) is 0 Å². The first-order valence-electron chi connectivity index (χ1n) is 4.53. The van der Waals surface area contributed by atoms with E-state index < -0.39 is 0 Å². The smallest absolute Gasteiger partial charge is 0.0162 e. The zero-order valence-electron chi connectivity index (χ0n) is 7.22. The Kier molecular flexibility index (Phi) is 1.99. The molecule has 1 aromatic carbocycles. The van der Waals surface area contributed by atoms with Crippen LogP contribution < -0.4 is 0 Å². The molecule has 1 radical (unpaired) electrons. The Hall–Kier alpha value is -1.04. The topological polar surface area (TPSA) is 0 Å². The van der Waals surface area contributed by atoms with Gasteiger partial charge >= 0.3 is 0 Å². The molecule has 1 aliphatic rings. The van der Waals surface area contributed by atoms with E-state index in [4.69, 9.17) is 0 Å². The molecule has 12 heavy (non-hydrogen) atoms. The van der Waals surface area contributed by atoms with Gasteiger partial charge in [-0.15, -0.1) is 0 Å². The number of allylic oxidation sites excluding steroid dienone is 1. The van der Waals surface area contributed by atoms with Gasteiger partial charge in [-0.2, -0.15) is 0 Å². The van der Waals surface area contributed by atoms with E-state index in [1.165, 1.54) is 30.4 Å². The van der Waals surface area contributed by atoms with Crippen molar-refractivity contribution in [3.8, 4) is 0 Å². The summed E-state index contributed by atoms with van der Waals surface area (Å²) in [7, 11) is 0. The van der Waals surface area contributed by atoms with E-state index in [1.807, 2.05) is 12.1 Å². The molecule has 1 aliphatic carbocycles. The van der Waals surface area contributed by atoms with Gasteiger partial charge in [0.05, 0.1) is 0 Å². The molecule has 1 aromatic rings. The third-order valence-electron chi connectivity index (χ3n) is 2.69. The van der Waals surface area contributed by atoms with Crippen LogP contribution in [0.1, 0.15) is 24.8 Å². The highest BCUT2D eigenvalue weighted by Crippen LogP contribution is 2.37. The zero-order chi connectivity index (χ0) is 8.39. The van der Waals surface area contributed by atoms with Crippen molar-refractivity contribution < 1.29 is 0 Å². The Labute approximate surface area is 73.9 Å². The minimum atomic E-state index is 0.757. The second-order valence-electron chi connectivity index (χ2n) is 3.44. The van der Waals surface area contributed by atoms with Gasteiger partial charge in [0, 0.05) is 0 Å². The second kappa shape index (κ2) is 3.14. The molecule has 1 fully saturated rings. The summed E-state index contributed by atoms with van der Waals surface area (Å²) in [6, 6.07) is 11.1. The molecular weight excluding hydrogens is 144 g/mol. The van der Waals surface area contributed by atoms with Gasteiger partial charge in [-0.05, 0) is 36.0 Å². The van der Waals surface area contributed by atoms with Gasteiger partial charge in [0.15, 0.2) is 0 Å². The minimum absolute atomic E-state index is 0.757. The highest BCUT2D eigenvalue weighted by molar-refractivity contribution is 5.65. The highest BCUT2D eigenvalue weighted by Gasteiger charge is 2.20. The first kappa shape index (κ1) is 7.60. The van der Waals surface area contributed by atoms with Crippen LogP contribution in [0.4, 0.5) is 0 Å². The molecule has 0 heterocycles. The molecule has 1 saturated carbocycles. The summed E-state index contributed by atoms with van der Waals surface area (Å²) in [5.41, 5.74) is 2.61. The Balaban J connectivity index is 2.14. The summed E-state index contributed by atoms with van der Waals surface area (Å²) in [6.45, 7) is 4.13. The largest absolute Gasteiger partial charge is 0.0950 e. The minimum Gasteiger partial charge on any atom is -0.0950 e. The molecular formula is C12H13. The molecule has 0 bridgehead atoms. The molecule has 2 rings (SSSR count). The van der Waals surface area contributed by atoms with Gasteiger partial charge in [-0.3, -0.25) is 0 Å². The maximum absolute atomic E-state index is 4.13. The third-order valence-corrected chi connectivity index (χ3v) is 2.69. The molecule has 0 unspecified atom stereocenters. The monoisotopic (exact) mass is 157 g/mol. The van der Waals surface area contributed by atoms with Gasteiger partial charge in [0.1, 0.15) is 0 Å². The van der Waals surface area contributed by atoms with Crippen LogP contribution in [-0.2, 0) is 0 Å². The number of hydrogen-bond donors (Lipinski definition) is 0.